The quantitative estimate of drug-likeness (QED) is 0.709. The second-order valence-corrected chi connectivity index (χ2v) is 5.06. The molecule has 3 rings (SSSR count). The van der Waals surface area contributed by atoms with Crippen LogP contribution in [0.5, 0.6) is 0 Å². The Bertz CT molecular complexity index is 595. The molecule has 1 heterocycles. The van der Waals surface area contributed by atoms with Crippen LogP contribution in [0.2, 0.25) is 0 Å². The Morgan fingerprint density at radius 3 is 2.65 bits per heavy atom. The molecule has 0 radical (unpaired) electrons. The largest absolute Gasteiger partial charge is 0.343 e. The molecule has 0 spiro atoms. The molecule has 0 N–H and O–H groups in total. The Hall–Kier alpha value is -1.74. The maximum Gasteiger partial charge on any atom is 0.150 e. The summed E-state index contributed by atoms with van der Waals surface area (Å²) < 4.78 is 0. The van der Waals surface area contributed by atoms with Crippen molar-refractivity contribution in [1.29, 1.82) is 0 Å². The van der Waals surface area contributed by atoms with Crippen molar-refractivity contribution in [3.05, 3.63) is 48.0 Å². The second-order valence-electron chi connectivity index (χ2n) is 3.97. The highest BCUT2D eigenvalue weighted by Crippen LogP contribution is 2.47. The van der Waals surface area contributed by atoms with Crippen LogP contribution in [-0.4, -0.2) is 13.3 Å². The zero-order valence-corrected chi connectivity index (χ0v) is 10.2. The molecule has 1 aliphatic rings. The van der Waals surface area contributed by atoms with E-state index in [1.807, 2.05) is 37.4 Å². The Labute approximate surface area is 104 Å². The van der Waals surface area contributed by atoms with E-state index in [9.17, 15) is 4.79 Å². The average Bonchev–Trinajstić information content (AvgIpc) is 2.39. The zero-order chi connectivity index (χ0) is 11.8. The molecule has 0 saturated heterocycles. The number of para-hydroxylation sites is 1. The fraction of sp³-hybridized carbons (Fsp3) is 0.0714. The molecule has 2 aromatic carbocycles. The lowest BCUT2D eigenvalue weighted by Crippen LogP contribution is -2.14. The third-order valence-electron chi connectivity index (χ3n) is 2.93. The fourth-order valence-electron chi connectivity index (χ4n) is 2.02. The van der Waals surface area contributed by atoms with Crippen molar-refractivity contribution >= 4 is 29.4 Å². The van der Waals surface area contributed by atoms with E-state index in [1.165, 1.54) is 15.5 Å². The second kappa shape index (κ2) is 3.93. The van der Waals surface area contributed by atoms with Gasteiger partial charge >= 0.3 is 0 Å². The lowest BCUT2D eigenvalue weighted by Gasteiger charge is -2.29. The lowest BCUT2D eigenvalue weighted by atomic mass is 10.2. The summed E-state index contributed by atoms with van der Waals surface area (Å²) in [6, 6.07) is 14.1. The predicted octanol–water partition coefficient (Wildman–Crippen LogP) is 3.73. The van der Waals surface area contributed by atoms with E-state index in [0.29, 0.717) is 0 Å². The topological polar surface area (TPSA) is 20.3 Å². The van der Waals surface area contributed by atoms with Crippen LogP contribution in [0, 0.1) is 0 Å². The minimum atomic E-state index is 0.718. The van der Waals surface area contributed by atoms with Gasteiger partial charge in [-0.15, -0.1) is 0 Å². The number of carbonyl (C=O) groups excluding carboxylic acids is 1. The van der Waals surface area contributed by atoms with Crippen molar-refractivity contribution in [2.75, 3.05) is 11.9 Å². The number of fused-ring (bicyclic) bond motifs is 2. The molecule has 1 aliphatic heterocycles. The third-order valence-corrected chi connectivity index (χ3v) is 4.06. The molecular weight excluding hydrogens is 230 g/mol. The first kappa shape index (κ1) is 10.4. The summed E-state index contributed by atoms with van der Waals surface area (Å²) in [5.41, 5.74) is 3.00. The molecule has 17 heavy (non-hydrogen) atoms. The molecule has 0 saturated carbocycles. The highest BCUT2D eigenvalue weighted by Gasteiger charge is 2.20. The number of nitrogens with zero attached hydrogens (tertiary/aromatic N) is 1. The minimum absolute atomic E-state index is 0.718. The van der Waals surface area contributed by atoms with Crippen LogP contribution < -0.4 is 4.90 Å². The van der Waals surface area contributed by atoms with Gasteiger partial charge in [-0.25, -0.2) is 0 Å². The Balaban J connectivity index is 2.16. The van der Waals surface area contributed by atoms with Crippen LogP contribution in [0.1, 0.15) is 10.4 Å². The Kier molecular flexibility index (Phi) is 2.41. The summed E-state index contributed by atoms with van der Waals surface area (Å²) in [4.78, 5) is 15.4. The number of anilines is 2. The monoisotopic (exact) mass is 241 g/mol. The summed E-state index contributed by atoms with van der Waals surface area (Å²) in [5, 5.41) is 0. The van der Waals surface area contributed by atoms with Gasteiger partial charge in [0.15, 0.2) is 0 Å². The summed E-state index contributed by atoms with van der Waals surface area (Å²) in [7, 11) is 2.03. The third kappa shape index (κ3) is 1.63. The summed E-state index contributed by atoms with van der Waals surface area (Å²) >= 11 is 1.75. The van der Waals surface area contributed by atoms with Crippen LogP contribution in [0.15, 0.2) is 52.3 Å². The molecule has 0 aromatic heterocycles. The van der Waals surface area contributed by atoms with Crippen molar-refractivity contribution in [2.45, 2.75) is 9.79 Å². The van der Waals surface area contributed by atoms with Crippen LogP contribution >= 0.6 is 11.8 Å². The Morgan fingerprint density at radius 2 is 1.82 bits per heavy atom. The number of benzene rings is 2. The molecule has 0 amide bonds. The van der Waals surface area contributed by atoms with Crippen LogP contribution in [0.4, 0.5) is 11.4 Å². The van der Waals surface area contributed by atoms with Gasteiger partial charge in [-0.1, -0.05) is 30.0 Å². The van der Waals surface area contributed by atoms with Gasteiger partial charge < -0.3 is 4.90 Å². The predicted molar refractivity (Wildman–Crippen MR) is 70.5 cm³/mol. The van der Waals surface area contributed by atoms with Crippen molar-refractivity contribution in [3.8, 4) is 0 Å². The summed E-state index contributed by atoms with van der Waals surface area (Å²) in [5.74, 6) is 0. The Morgan fingerprint density at radius 1 is 1.06 bits per heavy atom. The van der Waals surface area contributed by atoms with Crippen LogP contribution in [0.3, 0.4) is 0 Å². The molecule has 2 aromatic rings. The number of hydrogen-bond acceptors (Lipinski definition) is 3. The molecule has 0 fully saturated rings. The normalized spacial score (nSPS) is 12.9. The molecule has 2 nitrogen and oxygen atoms in total. The van der Waals surface area contributed by atoms with Gasteiger partial charge in [0.2, 0.25) is 0 Å². The van der Waals surface area contributed by atoms with Crippen molar-refractivity contribution < 1.29 is 4.79 Å². The van der Waals surface area contributed by atoms with Gasteiger partial charge in [-0.2, -0.15) is 0 Å². The number of hydrogen-bond donors (Lipinski definition) is 0. The van der Waals surface area contributed by atoms with E-state index in [4.69, 9.17) is 0 Å². The van der Waals surface area contributed by atoms with Gasteiger partial charge in [-0.05, 0) is 24.3 Å². The highest BCUT2D eigenvalue weighted by molar-refractivity contribution is 7.99. The van der Waals surface area contributed by atoms with E-state index in [1.54, 1.807) is 11.8 Å². The van der Waals surface area contributed by atoms with Gasteiger partial charge in [0.1, 0.15) is 6.29 Å². The average molecular weight is 241 g/mol. The zero-order valence-electron chi connectivity index (χ0n) is 9.38. The molecular formula is C14H11NOS. The standard InChI is InChI=1S/C14H11NOS/c1-15-11-4-2-3-5-13(11)17-14-7-6-10(9-16)8-12(14)15/h2-9H,1H3. The van der Waals surface area contributed by atoms with E-state index in [-0.39, 0.29) is 0 Å². The van der Waals surface area contributed by atoms with Crippen LogP contribution in [-0.2, 0) is 0 Å². The van der Waals surface area contributed by atoms with Gasteiger partial charge in [0.05, 0.1) is 11.4 Å². The lowest BCUT2D eigenvalue weighted by molar-refractivity contribution is 0.112. The summed E-state index contributed by atoms with van der Waals surface area (Å²) in [6.07, 6.45) is 0.888. The van der Waals surface area contributed by atoms with Gasteiger partial charge in [-0.3, -0.25) is 4.79 Å². The fourth-order valence-corrected chi connectivity index (χ4v) is 3.15. The molecule has 0 atom stereocenters. The van der Waals surface area contributed by atoms with Gasteiger partial charge in [0, 0.05) is 22.4 Å². The van der Waals surface area contributed by atoms with E-state index in [2.05, 4.69) is 17.0 Å². The van der Waals surface area contributed by atoms with Crippen molar-refractivity contribution in [3.63, 3.8) is 0 Å². The molecule has 0 unspecified atom stereocenters. The molecule has 0 aliphatic carbocycles. The van der Waals surface area contributed by atoms with Gasteiger partial charge in [0.25, 0.3) is 0 Å². The van der Waals surface area contributed by atoms with E-state index >= 15 is 0 Å². The maximum absolute atomic E-state index is 10.8. The number of carbonyl (C=O) groups is 1. The highest BCUT2D eigenvalue weighted by atomic mass is 32.2. The number of aldehydes is 1. The first-order valence-corrected chi connectivity index (χ1v) is 6.21. The van der Waals surface area contributed by atoms with E-state index < -0.39 is 0 Å². The molecule has 0 bridgehead atoms. The first-order valence-electron chi connectivity index (χ1n) is 5.39. The van der Waals surface area contributed by atoms with Crippen molar-refractivity contribution in [2.24, 2.45) is 0 Å². The molecule has 3 heteroatoms. The number of rotatable bonds is 1. The summed E-state index contributed by atoms with van der Waals surface area (Å²) in [6.45, 7) is 0. The SMILES string of the molecule is CN1c2ccccc2Sc2ccc(C=O)cc21. The van der Waals surface area contributed by atoms with Crippen molar-refractivity contribution in [1.82, 2.24) is 0 Å². The van der Waals surface area contributed by atoms with Crippen LogP contribution in [0.25, 0.3) is 0 Å². The smallest absolute Gasteiger partial charge is 0.150 e. The van der Waals surface area contributed by atoms with E-state index in [0.717, 1.165) is 17.5 Å². The molecule has 84 valence electrons. The first-order chi connectivity index (χ1) is 8.29. The maximum atomic E-state index is 10.8. The minimum Gasteiger partial charge on any atom is -0.343 e.